The van der Waals surface area contributed by atoms with Crippen molar-refractivity contribution >= 4 is 11.6 Å². The van der Waals surface area contributed by atoms with E-state index in [1.165, 1.54) is 22.3 Å². The highest BCUT2D eigenvalue weighted by Gasteiger charge is 2.30. The Morgan fingerprint density at radius 1 is 0.443 bits per heavy atom. The number of anilines is 2. The minimum Gasteiger partial charge on any atom is -0.391 e. The molecule has 0 saturated heterocycles. The SMILES string of the molecule is Cc1ccc(-c2nc3c(nc2-c2ccc(C)cc2)N(CCCCCc2nn[nH]n2)C[C@@H](O)C3)cc1.Cc1ccc(-c2nc3c(nc2-c2ccc(C)cc2)N(CCCCCc2nn[nH]n2)C[C@H](O)C3)cc1. The Labute approximate surface area is 409 Å². The van der Waals surface area contributed by atoms with Crippen molar-refractivity contribution in [2.45, 2.75) is 104 Å². The summed E-state index contributed by atoms with van der Waals surface area (Å²) in [6.45, 7) is 11.1. The lowest BCUT2D eigenvalue weighted by Gasteiger charge is -2.33. The molecule has 4 aromatic carbocycles. The van der Waals surface area contributed by atoms with Gasteiger partial charge >= 0.3 is 0 Å². The van der Waals surface area contributed by atoms with Crippen molar-refractivity contribution < 1.29 is 10.2 Å². The van der Waals surface area contributed by atoms with Crippen molar-refractivity contribution in [3.63, 3.8) is 0 Å². The van der Waals surface area contributed by atoms with E-state index in [-0.39, 0.29) is 0 Å². The van der Waals surface area contributed by atoms with Crippen LogP contribution in [0, 0.1) is 27.7 Å². The highest BCUT2D eigenvalue weighted by Crippen LogP contribution is 2.37. The molecular formula is C54H62N14O2. The Bertz CT molecular complexity index is 2710. The van der Waals surface area contributed by atoms with Gasteiger partial charge in [-0.2, -0.15) is 10.4 Å². The maximum absolute atomic E-state index is 10.6. The first-order valence-electron chi connectivity index (χ1n) is 24.5. The molecule has 6 heterocycles. The van der Waals surface area contributed by atoms with Crippen LogP contribution in [0.25, 0.3) is 45.0 Å². The first-order valence-corrected chi connectivity index (χ1v) is 24.5. The summed E-state index contributed by atoms with van der Waals surface area (Å²) in [5.41, 5.74) is 14.2. The number of nitrogens with one attached hydrogen (secondary N) is 2. The summed E-state index contributed by atoms with van der Waals surface area (Å²) in [5, 5.41) is 49.5. The molecule has 8 aromatic rings. The number of nitrogens with zero attached hydrogens (tertiary/aromatic N) is 12. The zero-order valence-electron chi connectivity index (χ0n) is 40.6. The Hall–Kier alpha value is -7.30. The number of H-pyrrole nitrogens is 2. The smallest absolute Gasteiger partial charge is 0.174 e. The highest BCUT2D eigenvalue weighted by molar-refractivity contribution is 5.81. The fourth-order valence-electron chi connectivity index (χ4n) is 9.11. The molecule has 0 unspecified atom stereocenters. The molecule has 0 fully saturated rings. The minimum atomic E-state index is -0.452. The van der Waals surface area contributed by atoms with Gasteiger partial charge in [-0.1, -0.05) is 143 Å². The summed E-state index contributed by atoms with van der Waals surface area (Å²) in [5.74, 6) is 3.28. The van der Waals surface area contributed by atoms with Crippen LogP contribution in [0.15, 0.2) is 97.1 Å². The van der Waals surface area contributed by atoms with E-state index in [1.807, 2.05) is 0 Å². The van der Waals surface area contributed by atoms with E-state index < -0.39 is 12.2 Å². The molecule has 16 nitrogen and oxygen atoms in total. The van der Waals surface area contributed by atoms with Gasteiger partial charge in [0.05, 0.1) is 46.4 Å². The van der Waals surface area contributed by atoms with Gasteiger partial charge in [0.25, 0.3) is 0 Å². The fraction of sp³-hybridized carbons (Fsp3) is 0.370. The molecular weight excluding hydrogens is 877 g/mol. The van der Waals surface area contributed by atoms with Crippen LogP contribution in [0.1, 0.15) is 83.8 Å². The number of tetrazole rings is 2. The number of aryl methyl sites for hydroxylation is 6. The fourth-order valence-corrected chi connectivity index (χ4v) is 9.11. The van der Waals surface area contributed by atoms with Crippen LogP contribution in [0.2, 0.25) is 0 Å². The molecule has 0 spiro atoms. The van der Waals surface area contributed by atoms with E-state index in [0.717, 1.165) is 144 Å². The summed E-state index contributed by atoms with van der Waals surface area (Å²) in [6.07, 6.45) is 7.81. The second-order valence-electron chi connectivity index (χ2n) is 18.7. The van der Waals surface area contributed by atoms with Gasteiger partial charge in [0.1, 0.15) is 0 Å². The summed E-state index contributed by atoms with van der Waals surface area (Å²) < 4.78 is 0. The molecule has 2 aliphatic heterocycles. The second-order valence-corrected chi connectivity index (χ2v) is 18.7. The van der Waals surface area contributed by atoms with Crippen molar-refractivity contribution in [3.8, 4) is 45.0 Å². The number of aromatic nitrogens is 12. The maximum atomic E-state index is 10.6. The summed E-state index contributed by atoms with van der Waals surface area (Å²) in [7, 11) is 0. The van der Waals surface area contributed by atoms with Gasteiger partial charge in [-0.05, 0) is 53.4 Å². The molecule has 2 aliphatic rings. The van der Waals surface area contributed by atoms with Gasteiger partial charge in [0.2, 0.25) is 0 Å². The molecule has 0 aliphatic carbocycles. The van der Waals surface area contributed by atoms with Crippen LogP contribution >= 0.6 is 0 Å². The molecule has 2 atom stereocenters. The van der Waals surface area contributed by atoms with Crippen LogP contribution in [-0.4, -0.2) is 110 Å². The van der Waals surface area contributed by atoms with Gasteiger partial charge in [-0.15, -0.1) is 20.4 Å². The number of benzene rings is 4. The van der Waals surface area contributed by atoms with Crippen LogP contribution in [0.4, 0.5) is 11.6 Å². The maximum Gasteiger partial charge on any atom is 0.174 e. The van der Waals surface area contributed by atoms with E-state index in [2.05, 4.69) is 176 Å². The third-order valence-electron chi connectivity index (χ3n) is 12.9. The second kappa shape index (κ2) is 22.4. The van der Waals surface area contributed by atoms with Crippen LogP contribution in [-0.2, 0) is 25.7 Å². The van der Waals surface area contributed by atoms with Crippen molar-refractivity contribution in [2.75, 3.05) is 36.0 Å². The van der Waals surface area contributed by atoms with Gasteiger partial charge in [0.15, 0.2) is 23.3 Å². The lowest BCUT2D eigenvalue weighted by atomic mass is 10.00. The number of rotatable bonds is 16. The Balaban J connectivity index is 0.000000174. The number of hydrogen-bond donors (Lipinski definition) is 4. The van der Waals surface area contributed by atoms with E-state index >= 15 is 0 Å². The zero-order chi connectivity index (χ0) is 48.4. The number of unbranched alkanes of at least 4 members (excludes halogenated alkanes) is 4. The molecule has 4 N–H and O–H groups in total. The van der Waals surface area contributed by atoms with Crippen molar-refractivity contribution in [1.29, 1.82) is 0 Å². The van der Waals surface area contributed by atoms with E-state index in [4.69, 9.17) is 19.9 Å². The van der Waals surface area contributed by atoms with Crippen LogP contribution in [0.5, 0.6) is 0 Å². The average molecular weight is 939 g/mol. The zero-order valence-corrected chi connectivity index (χ0v) is 40.6. The third kappa shape index (κ3) is 11.9. The van der Waals surface area contributed by atoms with Gasteiger partial charge in [0, 0.05) is 74.1 Å². The molecule has 10 rings (SSSR count). The van der Waals surface area contributed by atoms with Gasteiger partial charge < -0.3 is 20.0 Å². The largest absolute Gasteiger partial charge is 0.391 e. The number of β-amino-alcohol motifs (C(OH)–C–C–N with tert-alkyl or cyclic N) is 2. The number of aliphatic hydroxyl groups is 2. The van der Waals surface area contributed by atoms with E-state index in [1.54, 1.807) is 0 Å². The van der Waals surface area contributed by atoms with Gasteiger partial charge in [-0.25, -0.2) is 19.9 Å². The molecule has 70 heavy (non-hydrogen) atoms. The Morgan fingerprint density at radius 3 is 1.09 bits per heavy atom. The normalized spacial score (nSPS) is 15.3. The predicted octanol–water partition coefficient (Wildman–Crippen LogP) is 8.15. The third-order valence-corrected chi connectivity index (χ3v) is 12.9. The Kier molecular flexibility index (Phi) is 15.3. The molecule has 0 radical (unpaired) electrons. The quantitative estimate of drug-likeness (QED) is 0.0675. The van der Waals surface area contributed by atoms with Gasteiger partial charge in [-0.3, -0.25) is 0 Å². The monoisotopic (exact) mass is 939 g/mol. The summed E-state index contributed by atoms with van der Waals surface area (Å²) in [4.78, 5) is 25.0. The first-order chi connectivity index (χ1) is 34.1. The lowest BCUT2D eigenvalue weighted by Crippen LogP contribution is -2.40. The number of hydrogen-bond acceptors (Lipinski definition) is 14. The van der Waals surface area contributed by atoms with Crippen molar-refractivity contribution in [3.05, 3.63) is 142 Å². The van der Waals surface area contributed by atoms with E-state index in [9.17, 15) is 10.2 Å². The van der Waals surface area contributed by atoms with Crippen molar-refractivity contribution in [2.24, 2.45) is 0 Å². The van der Waals surface area contributed by atoms with Crippen LogP contribution in [0.3, 0.4) is 0 Å². The highest BCUT2D eigenvalue weighted by atomic mass is 16.3. The standard InChI is InChI=1S/2C27H31N7O/c2*1-18-7-11-20(12-8-18)25-26(21-13-9-19(2)10-14-21)29-27-23(28-25)16-22(35)17-34(27)15-5-3-4-6-24-30-32-33-31-24/h2*7-14,22,35H,3-6,15-17H2,1-2H3,(H,30,31,32,33)/t2*22-/m10/s1. The molecule has 0 amide bonds. The number of aliphatic hydroxyl groups excluding tert-OH is 2. The van der Waals surface area contributed by atoms with Crippen molar-refractivity contribution in [1.82, 2.24) is 61.2 Å². The molecule has 360 valence electrons. The first kappa shape index (κ1) is 47.8. The van der Waals surface area contributed by atoms with Crippen LogP contribution < -0.4 is 9.80 Å². The molecule has 0 bridgehead atoms. The predicted molar refractivity (Wildman–Crippen MR) is 272 cm³/mol. The lowest BCUT2D eigenvalue weighted by molar-refractivity contribution is 0.172. The number of fused-ring (bicyclic) bond motifs is 2. The Morgan fingerprint density at radius 2 is 0.771 bits per heavy atom. The summed E-state index contributed by atoms with van der Waals surface area (Å²) >= 11 is 0. The average Bonchev–Trinajstić information content (AvgIpc) is 4.10. The molecule has 0 saturated carbocycles. The van der Waals surface area contributed by atoms with E-state index in [0.29, 0.717) is 25.9 Å². The minimum absolute atomic E-state index is 0.452. The molecule has 16 heteroatoms. The topological polar surface area (TPSA) is 207 Å². The summed E-state index contributed by atoms with van der Waals surface area (Å²) in [6, 6.07) is 33.7. The molecule has 4 aromatic heterocycles. The number of aromatic amines is 2.